The summed E-state index contributed by atoms with van der Waals surface area (Å²) >= 11 is 6.03. The zero-order valence-corrected chi connectivity index (χ0v) is 22.3. The average molecular weight is 526 g/mol. The molecule has 0 saturated carbocycles. The van der Waals surface area contributed by atoms with Crippen LogP contribution >= 0.6 is 11.6 Å². The number of benzene rings is 2. The monoisotopic (exact) mass is 525 g/mol. The van der Waals surface area contributed by atoms with Gasteiger partial charge < -0.3 is 10.2 Å². The van der Waals surface area contributed by atoms with Gasteiger partial charge in [-0.05, 0) is 68.1 Å². The van der Waals surface area contributed by atoms with E-state index in [1.807, 2.05) is 13.8 Å². The molecule has 0 aliphatic heterocycles. The van der Waals surface area contributed by atoms with E-state index in [0.29, 0.717) is 34.7 Å². The van der Waals surface area contributed by atoms with Crippen LogP contribution in [0, 0.1) is 12.7 Å². The Morgan fingerprint density at radius 3 is 2.23 bits per heavy atom. The van der Waals surface area contributed by atoms with Gasteiger partial charge in [0.25, 0.3) is 0 Å². The van der Waals surface area contributed by atoms with Gasteiger partial charge in [-0.25, -0.2) is 12.8 Å². The Hall–Kier alpha value is -2.65. The molecule has 192 valence electrons. The maximum atomic E-state index is 13.6. The number of carbonyl (C=O) groups is 2. The number of halogens is 2. The predicted octanol–water partition coefficient (Wildman–Crippen LogP) is 4.28. The van der Waals surface area contributed by atoms with Crippen molar-refractivity contribution in [3.05, 3.63) is 64.4 Å². The predicted molar refractivity (Wildman–Crippen MR) is 137 cm³/mol. The smallest absolute Gasteiger partial charge is 0.244 e. The third-order valence-electron chi connectivity index (χ3n) is 5.76. The second-order valence-corrected chi connectivity index (χ2v) is 10.9. The molecule has 0 radical (unpaired) electrons. The topological polar surface area (TPSA) is 86.8 Å². The summed E-state index contributed by atoms with van der Waals surface area (Å²) in [6, 6.07) is 9.40. The maximum absolute atomic E-state index is 13.6. The van der Waals surface area contributed by atoms with E-state index in [1.54, 1.807) is 32.0 Å². The number of aryl methyl sites for hydroxylation is 1. The molecule has 0 spiro atoms. The highest BCUT2D eigenvalue weighted by Gasteiger charge is 2.32. The number of nitrogens with one attached hydrogen (secondary N) is 1. The fourth-order valence-corrected chi connectivity index (χ4v) is 4.77. The Bertz CT molecular complexity index is 1140. The molecule has 0 aromatic heterocycles. The minimum absolute atomic E-state index is 0.0166. The van der Waals surface area contributed by atoms with Crippen LogP contribution in [0.15, 0.2) is 42.5 Å². The van der Waals surface area contributed by atoms with Crippen molar-refractivity contribution in [3.63, 3.8) is 0 Å². The van der Waals surface area contributed by atoms with E-state index < -0.39 is 34.3 Å². The molecule has 10 heteroatoms. The first-order valence-electron chi connectivity index (χ1n) is 11.5. The number of hydrogen-bond donors (Lipinski definition) is 1. The van der Waals surface area contributed by atoms with Crippen LogP contribution in [-0.4, -0.2) is 50.0 Å². The third-order valence-corrected chi connectivity index (χ3v) is 7.12. The van der Waals surface area contributed by atoms with Gasteiger partial charge in [0.15, 0.2) is 0 Å². The van der Waals surface area contributed by atoms with Gasteiger partial charge in [0, 0.05) is 17.6 Å². The molecule has 0 aliphatic rings. The number of hydrogen-bond acceptors (Lipinski definition) is 4. The second kappa shape index (κ2) is 12.4. The zero-order chi connectivity index (χ0) is 26.3. The van der Waals surface area contributed by atoms with Crippen molar-refractivity contribution < 1.29 is 22.4 Å². The fourth-order valence-electron chi connectivity index (χ4n) is 3.64. The van der Waals surface area contributed by atoms with E-state index in [2.05, 4.69) is 5.32 Å². The molecule has 2 aromatic rings. The Labute approximate surface area is 212 Å². The molecule has 1 N–H and O–H groups in total. The molecule has 2 rings (SSSR count). The highest BCUT2D eigenvalue weighted by atomic mass is 35.5. The van der Waals surface area contributed by atoms with E-state index in [9.17, 15) is 22.4 Å². The molecule has 0 bridgehead atoms. The van der Waals surface area contributed by atoms with Crippen molar-refractivity contribution in [2.45, 2.75) is 59.2 Å². The molecule has 2 aromatic carbocycles. The van der Waals surface area contributed by atoms with Crippen LogP contribution in [0.1, 0.15) is 44.7 Å². The van der Waals surface area contributed by atoms with Gasteiger partial charge in [-0.2, -0.15) is 0 Å². The van der Waals surface area contributed by atoms with E-state index in [4.69, 9.17) is 11.6 Å². The quantitative estimate of drug-likeness (QED) is 0.474. The Kier molecular flexibility index (Phi) is 10.1. The summed E-state index contributed by atoms with van der Waals surface area (Å²) in [6.45, 7) is 6.80. The summed E-state index contributed by atoms with van der Waals surface area (Å²) in [5, 5.41) is 3.34. The molecular formula is C25H33ClFN3O4S. The average Bonchev–Trinajstić information content (AvgIpc) is 2.78. The van der Waals surface area contributed by atoms with Crippen molar-refractivity contribution in [1.82, 2.24) is 10.2 Å². The first-order valence-corrected chi connectivity index (χ1v) is 13.7. The molecular weight excluding hydrogens is 493 g/mol. The van der Waals surface area contributed by atoms with Crippen LogP contribution in [0.2, 0.25) is 5.02 Å². The number of sulfonamides is 1. The van der Waals surface area contributed by atoms with Crippen LogP contribution in [0.5, 0.6) is 0 Å². The van der Waals surface area contributed by atoms with E-state index in [0.717, 1.165) is 10.6 Å². The van der Waals surface area contributed by atoms with Crippen molar-refractivity contribution in [1.29, 1.82) is 0 Å². The number of anilines is 1. The summed E-state index contributed by atoms with van der Waals surface area (Å²) in [6.07, 6.45) is 2.05. The van der Waals surface area contributed by atoms with Crippen molar-refractivity contribution >= 4 is 39.1 Å². The molecule has 35 heavy (non-hydrogen) atoms. The molecule has 2 amide bonds. The lowest BCUT2D eigenvalue weighted by molar-refractivity contribution is -0.140. The highest BCUT2D eigenvalue weighted by molar-refractivity contribution is 7.92. The molecule has 0 heterocycles. The van der Waals surface area contributed by atoms with Gasteiger partial charge in [-0.3, -0.25) is 13.9 Å². The number of nitrogens with zero attached hydrogens (tertiary/aromatic N) is 2. The standard InChI is InChI=1S/C25H33ClFN3O4S/c1-6-18(4)28-25(32)22(7-2)29(15-19-8-11-21(27)12-9-19)24(31)16-30(35(5,33)34)23-13-10-20(26)14-17(23)3/h8-14,18,22H,6-7,15-16H2,1-5H3,(H,28,32)/t18-,22+/m0/s1. The van der Waals surface area contributed by atoms with Gasteiger partial charge in [-0.15, -0.1) is 0 Å². The van der Waals surface area contributed by atoms with E-state index in [1.165, 1.54) is 29.2 Å². The maximum Gasteiger partial charge on any atom is 0.244 e. The lowest BCUT2D eigenvalue weighted by Gasteiger charge is -2.33. The summed E-state index contributed by atoms with van der Waals surface area (Å²) < 4.78 is 39.8. The SMILES string of the molecule is CC[C@H](C(=O)N[C@@H](C)CC)N(Cc1ccc(F)cc1)C(=O)CN(c1ccc(Cl)cc1C)S(C)(=O)=O. The van der Waals surface area contributed by atoms with Crippen LogP contribution in [0.3, 0.4) is 0 Å². The fraction of sp³-hybridized carbons (Fsp3) is 0.440. The first kappa shape index (κ1) is 28.6. The number of amides is 2. The molecule has 2 atom stereocenters. The summed E-state index contributed by atoms with van der Waals surface area (Å²) in [7, 11) is -3.84. The van der Waals surface area contributed by atoms with Gasteiger partial charge in [0.2, 0.25) is 21.8 Å². The van der Waals surface area contributed by atoms with Gasteiger partial charge in [0.05, 0.1) is 11.9 Å². The lowest BCUT2D eigenvalue weighted by Crippen LogP contribution is -2.53. The van der Waals surface area contributed by atoms with Gasteiger partial charge >= 0.3 is 0 Å². The summed E-state index contributed by atoms with van der Waals surface area (Å²) in [5.74, 6) is -1.30. The zero-order valence-electron chi connectivity index (χ0n) is 20.7. The molecule has 0 aliphatic carbocycles. The summed E-state index contributed by atoms with van der Waals surface area (Å²) in [4.78, 5) is 28.0. The minimum atomic E-state index is -3.84. The third kappa shape index (κ3) is 7.93. The second-order valence-electron chi connectivity index (χ2n) is 8.59. The van der Waals surface area contributed by atoms with Crippen LogP contribution < -0.4 is 9.62 Å². The van der Waals surface area contributed by atoms with Crippen molar-refractivity contribution in [2.75, 3.05) is 17.1 Å². The van der Waals surface area contributed by atoms with Crippen LogP contribution in [0.25, 0.3) is 0 Å². The Morgan fingerprint density at radius 2 is 1.71 bits per heavy atom. The van der Waals surface area contributed by atoms with Crippen molar-refractivity contribution in [2.24, 2.45) is 0 Å². The summed E-state index contributed by atoms with van der Waals surface area (Å²) in [5.41, 5.74) is 1.52. The molecule has 0 unspecified atom stereocenters. The number of carbonyl (C=O) groups excluding carboxylic acids is 2. The van der Waals surface area contributed by atoms with Crippen LogP contribution in [0.4, 0.5) is 10.1 Å². The lowest BCUT2D eigenvalue weighted by atomic mass is 10.1. The highest BCUT2D eigenvalue weighted by Crippen LogP contribution is 2.26. The Balaban J connectivity index is 2.46. The molecule has 7 nitrogen and oxygen atoms in total. The minimum Gasteiger partial charge on any atom is -0.352 e. The van der Waals surface area contributed by atoms with E-state index >= 15 is 0 Å². The van der Waals surface area contributed by atoms with E-state index in [-0.39, 0.29) is 18.5 Å². The normalized spacial score (nSPS) is 13.1. The van der Waals surface area contributed by atoms with Crippen molar-refractivity contribution in [3.8, 4) is 0 Å². The largest absolute Gasteiger partial charge is 0.352 e. The molecule has 0 saturated heterocycles. The van der Waals surface area contributed by atoms with Gasteiger partial charge in [-0.1, -0.05) is 37.6 Å². The van der Waals surface area contributed by atoms with Crippen LogP contribution in [-0.2, 0) is 26.2 Å². The number of rotatable bonds is 11. The van der Waals surface area contributed by atoms with Gasteiger partial charge in [0.1, 0.15) is 18.4 Å². The molecule has 0 fully saturated rings. The first-order chi connectivity index (χ1) is 16.4. The Morgan fingerprint density at radius 1 is 1.09 bits per heavy atom.